The van der Waals surface area contributed by atoms with Gasteiger partial charge < -0.3 is 15.3 Å². The molecule has 0 radical (unpaired) electrons. The highest BCUT2D eigenvalue weighted by Gasteiger charge is 2.22. The molecule has 0 spiro atoms. The summed E-state index contributed by atoms with van der Waals surface area (Å²) in [6.45, 7) is 2.45. The minimum Gasteiger partial charge on any atom is -0.480 e. The van der Waals surface area contributed by atoms with Crippen molar-refractivity contribution in [1.29, 1.82) is 0 Å². The molecule has 0 aromatic heterocycles. The molecule has 0 unspecified atom stereocenters. The van der Waals surface area contributed by atoms with Gasteiger partial charge in [-0.1, -0.05) is 0 Å². The van der Waals surface area contributed by atoms with Crippen molar-refractivity contribution in [2.24, 2.45) is 0 Å². The average molecular weight is 290 g/mol. The van der Waals surface area contributed by atoms with Crippen molar-refractivity contribution < 1.29 is 27.9 Å². The predicted octanol–water partition coefficient (Wildman–Crippen LogP) is 2.43. The third-order valence-corrected chi connectivity index (χ3v) is 2.43. The van der Waals surface area contributed by atoms with Gasteiger partial charge >= 0.3 is 12.0 Å². The molecule has 0 aliphatic carbocycles. The van der Waals surface area contributed by atoms with Crippen LogP contribution in [0.15, 0.2) is 12.1 Å². The Bertz CT molecular complexity index is 512. The van der Waals surface area contributed by atoms with Crippen LogP contribution >= 0.6 is 0 Å². The number of carboxylic acids is 1. The number of carbonyl (C=O) groups excluding carboxylic acids is 1. The molecular weight excluding hydrogens is 277 g/mol. The summed E-state index contributed by atoms with van der Waals surface area (Å²) in [7, 11) is 0. The smallest absolute Gasteiger partial charge is 0.323 e. The summed E-state index contributed by atoms with van der Waals surface area (Å²) in [5.74, 6) is -4.96. The Morgan fingerprint density at radius 2 is 1.75 bits per heavy atom. The molecule has 5 nitrogen and oxygen atoms in total. The number of carboxylic acid groups (broad SMARTS) is 1. The number of nitrogens with one attached hydrogen (secondary N) is 1. The lowest BCUT2D eigenvalue weighted by molar-refractivity contribution is -0.137. The Hall–Kier alpha value is -2.25. The standard InChI is InChI=1S/C12H13F3N2O3/c1-6(2)17(5-10(18)19)12(20)16-11-8(14)3-7(13)4-9(11)15/h3-4,6H,5H2,1-2H3,(H,16,20)(H,18,19). The fourth-order valence-corrected chi connectivity index (χ4v) is 1.47. The predicted molar refractivity (Wildman–Crippen MR) is 64.8 cm³/mol. The Morgan fingerprint density at radius 1 is 1.25 bits per heavy atom. The lowest BCUT2D eigenvalue weighted by Crippen LogP contribution is -2.43. The Labute approximate surface area is 113 Å². The monoisotopic (exact) mass is 290 g/mol. The van der Waals surface area contributed by atoms with Gasteiger partial charge in [-0.2, -0.15) is 0 Å². The number of hydrogen-bond acceptors (Lipinski definition) is 2. The maximum Gasteiger partial charge on any atom is 0.323 e. The molecule has 8 heteroatoms. The zero-order valence-electron chi connectivity index (χ0n) is 10.8. The number of nitrogens with zero attached hydrogens (tertiary/aromatic N) is 1. The normalized spacial score (nSPS) is 10.5. The fourth-order valence-electron chi connectivity index (χ4n) is 1.47. The van der Waals surface area contributed by atoms with Crippen LogP contribution < -0.4 is 5.32 Å². The highest BCUT2D eigenvalue weighted by atomic mass is 19.1. The molecule has 1 aromatic carbocycles. The minimum atomic E-state index is -1.28. The van der Waals surface area contributed by atoms with Crippen molar-refractivity contribution in [1.82, 2.24) is 4.90 Å². The molecule has 2 amide bonds. The first-order chi connectivity index (χ1) is 9.22. The summed E-state index contributed by atoms with van der Waals surface area (Å²) >= 11 is 0. The van der Waals surface area contributed by atoms with Crippen molar-refractivity contribution in [3.63, 3.8) is 0 Å². The van der Waals surface area contributed by atoms with Crippen molar-refractivity contribution >= 4 is 17.7 Å². The number of anilines is 1. The molecule has 0 aliphatic heterocycles. The van der Waals surface area contributed by atoms with Crippen molar-refractivity contribution in [2.45, 2.75) is 19.9 Å². The van der Waals surface area contributed by atoms with E-state index in [2.05, 4.69) is 0 Å². The van der Waals surface area contributed by atoms with E-state index < -0.39 is 47.7 Å². The van der Waals surface area contributed by atoms with Gasteiger partial charge in [0.15, 0.2) is 11.6 Å². The second-order valence-corrected chi connectivity index (χ2v) is 4.29. The lowest BCUT2D eigenvalue weighted by Gasteiger charge is -2.25. The van der Waals surface area contributed by atoms with E-state index in [1.165, 1.54) is 0 Å². The fraction of sp³-hybridized carbons (Fsp3) is 0.333. The second kappa shape index (κ2) is 6.27. The highest BCUT2D eigenvalue weighted by Crippen LogP contribution is 2.20. The van der Waals surface area contributed by atoms with Gasteiger partial charge in [-0.05, 0) is 13.8 Å². The van der Waals surface area contributed by atoms with Gasteiger partial charge in [0.1, 0.15) is 18.0 Å². The van der Waals surface area contributed by atoms with E-state index in [-0.39, 0.29) is 0 Å². The van der Waals surface area contributed by atoms with Crippen LogP contribution in [0.4, 0.5) is 23.7 Å². The maximum atomic E-state index is 13.4. The van der Waals surface area contributed by atoms with Gasteiger partial charge in [0, 0.05) is 18.2 Å². The van der Waals surface area contributed by atoms with Gasteiger partial charge in [0.25, 0.3) is 0 Å². The first kappa shape index (κ1) is 15.8. The summed E-state index contributed by atoms with van der Waals surface area (Å²) in [6, 6.07) is -0.671. The van der Waals surface area contributed by atoms with Crippen LogP contribution in [0.1, 0.15) is 13.8 Å². The van der Waals surface area contributed by atoms with E-state index in [1.807, 2.05) is 5.32 Å². The zero-order valence-corrected chi connectivity index (χ0v) is 10.8. The first-order valence-electron chi connectivity index (χ1n) is 5.66. The Balaban J connectivity index is 2.97. The summed E-state index contributed by atoms with van der Waals surface area (Å²) in [5, 5.41) is 10.6. The molecule has 0 atom stereocenters. The van der Waals surface area contributed by atoms with E-state index >= 15 is 0 Å². The van der Waals surface area contributed by atoms with E-state index in [0.717, 1.165) is 4.90 Å². The van der Waals surface area contributed by atoms with E-state index in [4.69, 9.17) is 5.11 Å². The SMILES string of the molecule is CC(C)N(CC(=O)O)C(=O)Nc1c(F)cc(F)cc1F. The molecule has 0 saturated heterocycles. The Kier molecular flexibility index (Phi) is 4.95. The van der Waals surface area contributed by atoms with Crippen LogP contribution in [0, 0.1) is 17.5 Å². The van der Waals surface area contributed by atoms with Crippen LogP contribution in [-0.4, -0.2) is 34.6 Å². The molecular formula is C12H13F3N2O3. The molecule has 0 heterocycles. The maximum absolute atomic E-state index is 13.4. The average Bonchev–Trinajstić information content (AvgIpc) is 2.29. The highest BCUT2D eigenvalue weighted by molar-refractivity contribution is 5.91. The molecule has 1 aromatic rings. The van der Waals surface area contributed by atoms with Gasteiger partial charge in [0.05, 0.1) is 0 Å². The van der Waals surface area contributed by atoms with Crippen molar-refractivity contribution in [2.75, 3.05) is 11.9 Å². The number of hydrogen-bond donors (Lipinski definition) is 2. The number of urea groups is 1. The quantitative estimate of drug-likeness (QED) is 0.894. The number of halogens is 3. The summed E-state index contributed by atoms with van der Waals surface area (Å²) in [4.78, 5) is 23.3. The van der Waals surface area contributed by atoms with E-state index in [9.17, 15) is 22.8 Å². The lowest BCUT2D eigenvalue weighted by atomic mass is 10.2. The second-order valence-electron chi connectivity index (χ2n) is 4.29. The summed E-state index contributed by atoms with van der Waals surface area (Å²) in [6.07, 6.45) is 0. The van der Waals surface area contributed by atoms with Crippen LogP contribution in [0.25, 0.3) is 0 Å². The molecule has 0 bridgehead atoms. The number of amides is 2. The molecule has 0 fully saturated rings. The largest absolute Gasteiger partial charge is 0.480 e. The molecule has 2 N–H and O–H groups in total. The van der Waals surface area contributed by atoms with Gasteiger partial charge in [-0.3, -0.25) is 4.79 Å². The molecule has 0 aliphatic rings. The van der Waals surface area contributed by atoms with Crippen LogP contribution in [-0.2, 0) is 4.79 Å². The van der Waals surface area contributed by atoms with Crippen molar-refractivity contribution in [3.05, 3.63) is 29.6 Å². The number of aliphatic carboxylic acids is 1. The Morgan fingerprint density at radius 3 is 2.15 bits per heavy atom. The number of carbonyl (C=O) groups is 2. The number of rotatable bonds is 4. The third kappa shape index (κ3) is 3.87. The summed E-state index contributed by atoms with van der Waals surface area (Å²) in [5.41, 5.74) is -0.826. The van der Waals surface area contributed by atoms with E-state index in [0.29, 0.717) is 12.1 Å². The molecule has 1 rings (SSSR count). The van der Waals surface area contributed by atoms with Crippen molar-refractivity contribution in [3.8, 4) is 0 Å². The molecule has 110 valence electrons. The van der Waals surface area contributed by atoms with Crippen LogP contribution in [0.2, 0.25) is 0 Å². The third-order valence-electron chi connectivity index (χ3n) is 2.43. The van der Waals surface area contributed by atoms with Crippen LogP contribution in [0.5, 0.6) is 0 Å². The molecule has 0 saturated carbocycles. The first-order valence-corrected chi connectivity index (χ1v) is 5.66. The number of benzene rings is 1. The van der Waals surface area contributed by atoms with Gasteiger partial charge in [-0.15, -0.1) is 0 Å². The van der Waals surface area contributed by atoms with Gasteiger partial charge in [0.2, 0.25) is 0 Å². The topological polar surface area (TPSA) is 69.6 Å². The molecule has 20 heavy (non-hydrogen) atoms. The van der Waals surface area contributed by atoms with E-state index in [1.54, 1.807) is 13.8 Å². The minimum absolute atomic E-state index is 0.412. The summed E-state index contributed by atoms with van der Waals surface area (Å²) < 4.78 is 39.5. The van der Waals surface area contributed by atoms with Gasteiger partial charge in [-0.25, -0.2) is 18.0 Å². The zero-order chi connectivity index (χ0) is 15.4. The van der Waals surface area contributed by atoms with Crippen LogP contribution in [0.3, 0.4) is 0 Å².